The molecule has 0 fully saturated rings. The Morgan fingerprint density at radius 1 is 1.00 bits per heavy atom. The molecule has 0 saturated heterocycles. The molecule has 0 saturated carbocycles. The van der Waals surface area contributed by atoms with Gasteiger partial charge in [0, 0.05) is 0 Å². The van der Waals surface area contributed by atoms with E-state index in [1.807, 2.05) is 6.92 Å². The molecule has 0 aliphatic heterocycles. The van der Waals surface area contributed by atoms with Gasteiger partial charge < -0.3 is 0 Å². The van der Waals surface area contributed by atoms with Crippen molar-refractivity contribution in [1.29, 1.82) is 0 Å². The fourth-order valence-corrected chi connectivity index (χ4v) is 0.134. The van der Waals surface area contributed by atoms with Crippen LogP contribution in [0.15, 0.2) is 0 Å². The summed E-state index contributed by atoms with van der Waals surface area (Å²) in [5, 5.41) is 0. The second-order valence-corrected chi connectivity index (χ2v) is 1.31. The molecule has 3 heteroatoms. The van der Waals surface area contributed by atoms with Crippen molar-refractivity contribution < 1.29 is 13.2 Å². The van der Waals surface area contributed by atoms with Crippen molar-refractivity contribution in [2.75, 3.05) is 20.5 Å². The Labute approximate surface area is 61.4 Å². The third-order valence-electron chi connectivity index (χ3n) is 0.487. The van der Waals surface area contributed by atoms with Crippen LogP contribution in [-0.4, -0.2) is 20.5 Å². The Morgan fingerprint density at radius 2 is 1.30 bits per heavy atom. The molecule has 0 aliphatic carbocycles. The summed E-state index contributed by atoms with van der Waals surface area (Å²) in [4.78, 5) is 0. The highest BCUT2D eigenvalue weighted by Crippen LogP contribution is 1.83. The lowest BCUT2D eigenvalue weighted by Gasteiger charge is -1.76. The summed E-state index contributed by atoms with van der Waals surface area (Å²) in [6, 6.07) is 0. The molecule has 0 aromatic heterocycles. The number of unbranched alkanes of at least 4 members (excludes halogenated alkanes) is 1. The van der Waals surface area contributed by atoms with Crippen LogP contribution < -0.4 is 0 Å². The topological polar surface area (TPSA) is 0 Å². The number of hydrogen-bond acceptors (Lipinski definition) is 0. The van der Waals surface area contributed by atoms with E-state index in [0.29, 0.717) is 7.18 Å². The first-order valence-electron chi connectivity index (χ1n) is 3.33. The van der Waals surface area contributed by atoms with Crippen molar-refractivity contribution in [3.8, 4) is 0 Å². The Morgan fingerprint density at radius 3 is 1.30 bits per heavy atom. The summed E-state index contributed by atoms with van der Waals surface area (Å²) in [5.74, 6) is 0. The van der Waals surface area contributed by atoms with E-state index >= 15 is 0 Å². The van der Waals surface area contributed by atoms with Gasteiger partial charge in [0.1, 0.15) is 0 Å². The SMILES string of the molecule is CCCCF.CCF.CF. The van der Waals surface area contributed by atoms with Gasteiger partial charge >= 0.3 is 0 Å². The predicted octanol–water partition coefficient (Wildman–Crippen LogP) is 3.32. The van der Waals surface area contributed by atoms with Crippen molar-refractivity contribution in [2.24, 2.45) is 0 Å². The minimum absolute atomic E-state index is 0.156. The zero-order chi connectivity index (χ0) is 8.83. The van der Waals surface area contributed by atoms with Crippen LogP contribution in [0.1, 0.15) is 26.7 Å². The van der Waals surface area contributed by atoms with Gasteiger partial charge in [0.05, 0.1) is 20.5 Å². The molecule has 0 spiro atoms. The molecule has 0 aromatic rings. The number of hydrogen-bond donors (Lipinski definition) is 0. The van der Waals surface area contributed by atoms with Crippen LogP contribution >= 0.6 is 0 Å². The zero-order valence-electron chi connectivity index (χ0n) is 6.96. The standard InChI is InChI=1S/C4H9F.C2H5F.CH3F/c1-2-3-4-5;1-2-3;1-2/h2-4H2,1H3;2H2,1H3;1H3. The summed E-state index contributed by atoms with van der Waals surface area (Å²) >= 11 is 0. The lowest BCUT2D eigenvalue weighted by atomic mass is 10.4. The van der Waals surface area contributed by atoms with E-state index in [4.69, 9.17) is 0 Å². The minimum Gasteiger partial charge on any atom is -0.255 e. The van der Waals surface area contributed by atoms with Crippen molar-refractivity contribution >= 4 is 0 Å². The van der Waals surface area contributed by atoms with Crippen LogP contribution in [0.2, 0.25) is 0 Å². The molecule has 0 unspecified atom stereocenters. The third kappa shape index (κ3) is 112. The maximum absolute atomic E-state index is 11.0. The van der Waals surface area contributed by atoms with E-state index in [1.165, 1.54) is 6.92 Å². The Hall–Kier alpha value is -0.210. The van der Waals surface area contributed by atoms with E-state index in [9.17, 15) is 13.2 Å². The average Bonchev–Trinajstić information content (AvgIpc) is 1.96. The molecule has 0 nitrogen and oxygen atoms in total. The lowest BCUT2D eigenvalue weighted by molar-refractivity contribution is 0.469. The molecule has 10 heavy (non-hydrogen) atoms. The molecule has 0 rings (SSSR count). The number of halogens is 3. The van der Waals surface area contributed by atoms with Crippen LogP contribution in [0.3, 0.4) is 0 Å². The van der Waals surface area contributed by atoms with Crippen molar-refractivity contribution in [1.82, 2.24) is 0 Å². The minimum atomic E-state index is -0.250. The quantitative estimate of drug-likeness (QED) is 0.578. The lowest BCUT2D eigenvalue weighted by Crippen LogP contribution is -1.67. The average molecular weight is 158 g/mol. The summed E-state index contributed by atoms with van der Waals surface area (Å²) in [7, 11) is 0.500. The first-order chi connectivity index (χ1) is 4.83. The Balaban J connectivity index is -0.0000000847. The molecule has 0 amide bonds. The Kier molecular flexibility index (Phi) is 60.9. The molecular formula is C7H17F3. The van der Waals surface area contributed by atoms with Gasteiger partial charge in [0.25, 0.3) is 0 Å². The summed E-state index contributed by atoms with van der Waals surface area (Å²) in [6.45, 7) is 3.02. The number of rotatable bonds is 2. The second-order valence-electron chi connectivity index (χ2n) is 1.31. The van der Waals surface area contributed by atoms with Crippen LogP contribution in [0, 0.1) is 0 Å². The van der Waals surface area contributed by atoms with Crippen molar-refractivity contribution in [3.05, 3.63) is 0 Å². The van der Waals surface area contributed by atoms with Crippen LogP contribution in [0.4, 0.5) is 13.2 Å². The van der Waals surface area contributed by atoms with Gasteiger partial charge in [-0.1, -0.05) is 13.3 Å². The molecule has 66 valence electrons. The smallest absolute Gasteiger partial charge is 0.0894 e. The van der Waals surface area contributed by atoms with Gasteiger partial charge in [-0.25, -0.2) is 0 Å². The van der Waals surface area contributed by atoms with Gasteiger partial charge in [0.2, 0.25) is 0 Å². The molecule has 0 atom stereocenters. The van der Waals surface area contributed by atoms with Gasteiger partial charge in [-0.2, -0.15) is 0 Å². The fourth-order valence-electron chi connectivity index (χ4n) is 0.134. The largest absolute Gasteiger partial charge is 0.255 e. The van der Waals surface area contributed by atoms with E-state index < -0.39 is 0 Å². The fraction of sp³-hybridized carbons (Fsp3) is 1.00. The molecule has 0 N–H and O–H groups in total. The molecular weight excluding hydrogens is 141 g/mol. The first kappa shape index (κ1) is 16.4. The van der Waals surface area contributed by atoms with E-state index in [-0.39, 0.29) is 13.3 Å². The molecule has 0 aliphatic rings. The van der Waals surface area contributed by atoms with Crippen molar-refractivity contribution in [3.63, 3.8) is 0 Å². The zero-order valence-corrected chi connectivity index (χ0v) is 6.96. The highest BCUT2D eigenvalue weighted by molar-refractivity contribution is 4.23. The molecule has 0 bridgehead atoms. The first-order valence-corrected chi connectivity index (χ1v) is 3.33. The molecule has 0 heterocycles. The number of alkyl halides is 3. The van der Waals surface area contributed by atoms with Crippen molar-refractivity contribution in [2.45, 2.75) is 26.7 Å². The second kappa shape index (κ2) is 37.1. The Bertz CT molecular complexity index is 22.8. The van der Waals surface area contributed by atoms with Gasteiger partial charge in [-0.3, -0.25) is 13.2 Å². The van der Waals surface area contributed by atoms with Crippen LogP contribution in [0.5, 0.6) is 0 Å². The highest BCUT2D eigenvalue weighted by Gasteiger charge is 1.71. The van der Waals surface area contributed by atoms with Gasteiger partial charge in [-0.05, 0) is 13.3 Å². The van der Waals surface area contributed by atoms with E-state index in [1.54, 1.807) is 0 Å². The summed E-state index contributed by atoms with van der Waals surface area (Å²) in [5.41, 5.74) is 0. The maximum atomic E-state index is 11.0. The van der Waals surface area contributed by atoms with Crippen LogP contribution in [-0.2, 0) is 0 Å². The summed E-state index contributed by atoms with van der Waals surface area (Å²) < 4.78 is 30.8. The van der Waals surface area contributed by atoms with Gasteiger partial charge in [-0.15, -0.1) is 0 Å². The van der Waals surface area contributed by atoms with E-state index in [0.717, 1.165) is 12.8 Å². The maximum Gasteiger partial charge on any atom is 0.0894 e. The van der Waals surface area contributed by atoms with E-state index in [2.05, 4.69) is 0 Å². The highest BCUT2D eigenvalue weighted by atomic mass is 19.1. The monoisotopic (exact) mass is 158 g/mol. The van der Waals surface area contributed by atoms with Crippen LogP contribution in [0.25, 0.3) is 0 Å². The predicted molar refractivity (Wildman–Crippen MR) is 39.6 cm³/mol. The summed E-state index contributed by atoms with van der Waals surface area (Å²) in [6.07, 6.45) is 1.69. The normalized spacial score (nSPS) is 6.60. The molecule has 0 aromatic carbocycles. The molecule has 0 radical (unpaired) electrons. The van der Waals surface area contributed by atoms with Gasteiger partial charge in [0.15, 0.2) is 0 Å². The third-order valence-corrected chi connectivity index (χ3v) is 0.487.